The van der Waals surface area contributed by atoms with Crippen LogP contribution in [-0.4, -0.2) is 57.5 Å². The van der Waals surface area contributed by atoms with Crippen LogP contribution in [0.4, 0.5) is 0 Å². The lowest BCUT2D eigenvalue weighted by molar-refractivity contribution is 0.0602. The number of hydrogen-bond donors (Lipinski definition) is 1. The Labute approximate surface area is 80.0 Å². The Morgan fingerprint density at radius 2 is 2.23 bits per heavy atom. The van der Waals surface area contributed by atoms with Gasteiger partial charge in [0.25, 0.3) is 0 Å². The molecule has 1 atom stereocenters. The lowest BCUT2D eigenvalue weighted by Crippen LogP contribution is -2.29. The van der Waals surface area contributed by atoms with Crippen molar-refractivity contribution in [3.63, 3.8) is 0 Å². The van der Waals surface area contributed by atoms with Crippen LogP contribution < -0.4 is 5.73 Å². The summed E-state index contributed by atoms with van der Waals surface area (Å²) in [6, 6.07) is 0.374. The van der Waals surface area contributed by atoms with Crippen molar-refractivity contribution < 1.29 is 9.47 Å². The van der Waals surface area contributed by atoms with Crippen molar-refractivity contribution in [1.82, 2.24) is 4.90 Å². The van der Waals surface area contributed by atoms with E-state index in [0.717, 1.165) is 32.7 Å². The summed E-state index contributed by atoms with van der Waals surface area (Å²) in [6.07, 6.45) is 1.12. The van der Waals surface area contributed by atoms with E-state index < -0.39 is 0 Å². The van der Waals surface area contributed by atoms with Crippen molar-refractivity contribution in [1.29, 1.82) is 0 Å². The first-order valence-electron chi connectivity index (χ1n) is 4.87. The number of rotatable bonds is 6. The number of methoxy groups -OCH3 is 1. The van der Waals surface area contributed by atoms with Gasteiger partial charge in [-0.2, -0.15) is 0 Å². The quantitative estimate of drug-likeness (QED) is 0.580. The molecule has 1 aliphatic heterocycles. The first-order valence-corrected chi connectivity index (χ1v) is 4.87. The van der Waals surface area contributed by atoms with Crippen LogP contribution in [0, 0.1) is 0 Å². The van der Waals surface area contributed by atoms with Gasteiger partial charge in [-0.15, -0.1) is 0 Å². The molecule has 1 saturated heterocycles. The minimum absolute atomic E-state index is 0.374. The summed E-state index contributed by atoms with van der Waals surface area (Å²) in [7, 11) is 1.68. The summed E-state index contributed by atoms with van der Waals surface area (Å²) >= 11 is 0. The monoisotopic (exact) mass is 188 g/mol. The van der Waals surface area contributed by atoms with Crippen LogP contribution >= 0.6 is 0 Å². The Morgan fingerprint density at radius 3 is 2.85 bits per heavy atom. The molecule has 0 amide bonds. The van der Waals surface area contributed by atoms with Crippen molar-refractivity contribution in [2.75, 3.05) is 46.6 Å². The highest BCUT2D eigenvalue weighted by Crippen LogP contribution is 2.05. The highest BCUT2D eigenvalue weighted by molar-refractivity contribution is 4.77. The fraction of sp³-hybridized carbons (Fsp3) is 1.00. The van der Waals surface area contributed by atoms with Gasteiger partial charge in [-0.25, -0.2) is 0 Å². The first-order chi connectivity index (χ1) is 6.33. The summed E-state index contributed by atoms with van der Waals surface area (Å²) < 4.78 is 10.2. The molecule has 0 radical (unpaired) electrons. The SMILES string of the molecule is COCCOCCN1CC[C@@H](N)C1. The molecular formula is C9H20N2O2. The van der Waals surface area contributed by atoms with Crippen LogP contribution in [-0.2, 0) is 9.47 Å². The predicted octanol–water partition coefficient (Wildman–Crippen LogP) is -0.318. The van der Waals surface area contributed by atoms with Crippen LogP contribution in [0.2, 0.25) is 0 Å². The number of likely N-dealkylation sites (tertiary alicyclic amines) is 1. The molecule has 0 bridgehead atoms. The highest BCUT2D eigenvalue weighted by Gasteiger charge is 2.17. The maximum atomic E-state index is 5.77. The fourth-order valence-electron chi connectivity index (χ4n) is 1.50. The van der Waals surface area contributed by atoms with Gasteiger partial charge in [0.15, 0.2) is 0 Å². The molecule has 0 aromatic carbocycles. The first kappa shape index (κ1) is 10.9. The molecule has 4 nitrogen and oxygen atoms in total. The number of ether oxygens (including phenoxy) is 2. The Morgan fingerprint density at radius 1 is 1.38 bits per heavy atom. The van der Waals surface area contributed by atoms with Gasteiger partial charge in [0, 0.05) is 26.2 Å². The van der Waals surface area contributed by atoms with E-state index in [1.165, 1.54) is 0 Å². The fourth-order valence-corrected chi connectivity index (χ4v) is 1.50. The molecule has 0 unspecified atom stereocenters. The van der Waals surface area contributed by atoms with Crippen LogP contribution in [0.3, 0.4) is 0 Å². The third-order valence-electron chi connectivity index (χ3n) is 2.29. The summed E-state index contributed by atoms with van der Waals surface area (Å²) in [5.74, 6) is 0. The standard InChI is InChI=1S/C9H20N2O2/c1-12-6-7-13-5-4-11-3-2-9(10)8-11/h9H,2-8,10H2,1H3/t9-/m1/s1. The number of nitrogens with two attached hydrogens (primary N) is 1. The Bertz CT molecular complexity index is 133. The molecule has 4 heteroatoms. The molecule has 0 aromatic heterocycles. The lowest BCUT2D eigenvalue weighted by Gasteiger charge is -2.14. The van der Waals surface area contributed by atoms with E-state index in [1.807, 2.05) is 0 Å². The molecule has 0 saturated carbocycles. The van der Waals surface area contributed by atoms with Crippen LogP contribution in [0.5, 0.6) is 0 Å². The molecule has 0 spiro atoms. The van der Waals surface area contributed by atoms with E-state index >= 15 is 0 Å². The Hall–Kier alpha value is -0.160. The molecule has 1 aliphatic rings. The number of hydrogen-bond acceptors (Lipinski definition) is 4. The van der Waals surface area contributed by atoms with Gasteiger partial charge < -0.3 is 15.2 Å². The van der Waals surface area contributed by atoms with Crippen molar-refractivity contribution >= 4 is 0 Å². The topological polar surface area (TPSA) is 47.7 Å². The Kier molecular flexibility index (Phi) is 5.31. The van der Waals surface area contributed by atoms with E-state index in [2.05, 4.69) is 4.90 Å². The lowest BCUT2D eigenvalue weighted by atomic mass is 10.3. The zero-order chi connectivity index (χ0) is 9.52. The van der Waals surface area contributed by atoms with Gasteiger partial charge in [-0.1, -0.05) is 0 Å². The van der Waals surface area contributed by atoms with Gasteiger partial charge in [0.05, 0.1) is 19.8 Å². The van der Waals surface area contributed by atoms with E-state index in [1.54, 1.807) is 7.11 Å². The minimum atomic E-state index is 0.374. The second-order valence-electron chi connectivity index (χ2n) is 3.45. The van der Waals surface area contributed by atoms with Gasteiger partial charge >= 0.3 is 0 Å². The van der Waals surface area contributed by atoms with Crippen molar-refractivity contribution in [2.24, 2.45) is 5.73 Å². The average molecular weight is 188 g/mol. The summed E-state index contributed by atoms with van der Waals surface area (Å²) in [4.78, 5) is 2.34. The Balaban J connectivity index is 1.88. The van der Waals surface area contributed by atoms with E-state index in [-0.39, 0.29) is 0 Å². The molecule has 1 heterocycles. The van der Waals surface area contributed by atoms with Crippen molar-refractivity contribution in [2.45, 2.75) is 12.5 Å². The molecular weight excluding hydrogens is 168 g/mol. The minimum Gasteiger partial charge on any atom is -0.382 e. The zero-order valence-corrected chi connectivity index (χ0v) is 8.37. The van der Waals surface area contributed by atoms with Gasteiger partial charge in [0.2, 0.25) is 0 Å². The predicted molar refractivity (Wildman–Crippen MR) is 51.7 cm³/mol. The summed E-state index contributed by atoms with van der Waals surface area (Å²) in [5.41, 5.74) is 5.77. The summed E-state index contributed by atoms with van der Waals surface area (Å²) in [5, 5.41) is 0. The van der Waals surface area contributed by atoms with E-state index in [4.69, 9.17) is 15.2 Å². The molecule has 0 aromatic rings. The second-order valence-corrected chi connectivity index (χ2v) is 3.45. The van der Waals surface area contributed by atoms with Crippen LogP contribution in [0.15, 0.2) is 0 Å². The normalized spacial score (nSPS) is 24.0. The third kappa shape index (κ3) is 4.57. The van der Waals surface area contributed by atoms with Crippen LogP contribution in [0.1, 0.15) is 6.42 Å². The maximum absolute atomic E-state index is 5.77. The van der Waals surface area contributed by atoms with Gasteiger partial charge in [0.1, 0.15) is 0 Å². The molecule has 1 rings (SSSR count). The van der Waals surface area contributed by atoms with Crippen LogP contribution in [0.25, 0.3) is 0 Å². The molecule has 78 valence electrons. The smallest absolute Gasteiger partial charge is 0.0700 e. The zero-order valence-electron chi connectivity index (χ0n) is 8.37. The average Bonchev–Trinajstić information content (AvgIpc) is 2.51. The van der Waals surface area contributed by atoms with Gasteiger partial charge in [-0.05, 0) is 13.0 Å². The third-order valence-corrected chi connectivity index (χ3v) is 2.29. The van der Waals surface area contributed by atoms with E-state index in [0.29, 0.717) is 19.3 Å². The molecule has 2 N–H and O–H groups in total. The second kappa shape index (κ2) is 6.32. The highest BCUT2D eigenvalue weighted by atomic mass is 16.5. The largest absolute Gasteiger partial charge is 0.382 e. The van der Waals surface area contributed by atoms with E-state index in [9.17, 15) is 0 Å². The van der Waals surface area contributed by atoms with Crippen molar-refractivity contribution in [3.05, 3.63) is 0 Å². The molecule has 0 aliphatic carbocycles. The number of nitrogens with zero attached hydrogens (tertiary/aromatic N) is 1. The van der Waals surface area contributed by atoms with Gasteiger partial charge in [-0.3, -0.25) is 4.90 Å². The maximum Gasteiger partial charge on any atom is 0.0700 e. The molecule has 13 heavy (non-hydrogen) atoms. The van der Waals surface area contributed by atoms with Crippen molar-refractivity contribution in [3.8, 4) is 0 Å². The molecule has 1 fully saturated rings. The summed E-state index contributed by atoms with van der Waals surface area (Å²) in [6.45, 7) is 5.30.